The zero-order valence-electron chi connectivity index (χ0n) is 12.7. The standard InChI is InChI=1S/C16H23ClN2O2/c1-3-9-19(10-4-2)16(21)11-15(20)18-12-13-5-7-14(17)8-6-13/h5-8H,3-4,9-12H2,1-2H3,(H,18,20). The van der Waals surface area contributed by atoms with E-state index in [0.29, 0.717) is 24.7 Å². The van der Waals surface area contributed by atoms with Crippen molar-refractivity contribution in [3.63, 3.8) is 0 Å². The molecule has 1 aromatic rings. The Bertz CT molecular complexity index is 454. The first kappa shape index (κ1) is 17.5. The molecular weight excluding hydrogens is 288 g/mol. The van der Waals surface area contributed by atoms with Crippen molar-refractivity contribution in [1.82, 2.24) is 10.2 Å². The highest BCUT2D eigenvalue weighted by Gasteiger charge is 2.15. The van der Waals surface area contributed by atoms with Crippen LogP contribution in [0.4, 0.5) is 0 Å². The molecule has 0 aliphatic carbocycles. The van der Waals surface area contributed by atoms with E-state index in [1.165, 1.54) is 0 Å². The van der Waals surface area contributed by atoms with Gasteiger partial charge in [0.15, 0.2) is 0 Å². The molecule has 0 saturated carbocycles. The minimum absolute atomic E-state index is 0.0897. The third-order valence-corrected chi connectivity index (χ3v) is 3.31. The second-order valence-corrected chi connectivity index (χ2v) is 5.40. The maximum Gasteiger partial charge on any atom is 0.232 e. The summed E-state index contributed by atoms with van der Waals surface area (Å²) in [5.41, 5.74) is 0.958. The molecule has 0 aliphatic rings. The normalized spacial score (nSPS) is 10.2. The Morgan fingerprint density at radius 3 is 2.19 bits per heavy atom. The number of hydrogen-bond acceptors (Lipinski definition) is 2. The average Bonchev–Trinajstić information content (AvgIpc) is 2.46. The van der Waals surface area contributed by atoms with E-state index in [-0.39, 0.29) is 18.2 Å². The van der Waals surface area contributed by atoms with Gasteiger partial charge >= 0.3 is 0 Å². The van der Waals surface area contributed by atoms with Gasteiger partial charge in [-0.3, -0.25) is 9.59 Å². The van der Waals surface area contributed by atoms with Gasteiger partial charge in [0, 0.05) is 24.7 Å². The van der Waals surface area contributed by atoms with Crippen LogP contribution in [-0.4, -0.2) is 29.8 Å². The summed E-state index contributed by atoms with van der Waals surface area (Å²) < 4.78 is 0. The molecule has 5 heteroatoms. The summed E-state index contributed by atoms with van der Waals surface area (Å²) in [6.45, 7) is 5.87. The number of carbonyl (C=O) groups excluding carboxylic acids is 2. The van der Waals surface area contributed by atoms with Gasteiger partial charge in [0.1, 0.15) is 6.42 Å². The molecule has 2 amide bonds. The zero-order valence-corrected chi connectivity index (χ0v) is 13.4. The van der Waals surface area contributed by atoms with E-state index in [1.54, 1.807) is 17.0 Å². The van der Waals surface area contributed by atoms with E-state index in [4.69, 9.17) is 11.6 Å². The lowest BCUT2D eigenvalue weighted by atomic mass is 10.2. The Balaban J connectivity index is 2.41. The van der Waals surface area contributed by atoms with Crippen LogP contribution in [-0.2, 0) is 16.1 Å². The van der Waals surface area contributed by atoms with Gasteiger partial charge in [0.05, 0.1) is 0 Å². The van der Waals surface area contributed by atoms with Gasteiger partial charge in [-0.15, -0.1) is 0 Å². The number of halogens is 1. The summed E-state index contributed by atoms with van der Waals surface area (Å²) in [5.74, 6) is -0.348. The summed E-state index contributed by atoms with van der Waals surface area (Å²) in [6, 6.07) is 7.26. The average molecular weight is 311 g/mol. The largest absolute Gasteiger partial charge is 0.352 e. The fraction of sp³-hybridized carbons (Fsp3) is 0.500. The highest BCUT2D eigenvalue weighted by molar-refractivity contribution is 6.30. The summed E-state index contributed by atoms with van der Waals surface area (Å²) in [7, 11) is 0. The van der Waals surface area contributed by atoms with Crippen LogP contribution in [0.15, 0.2) is 24.3 Å². The van der Waals surface area contributed by atoms with Crippen LogP contribution in [0.25, 0.3) is 0 Å². The fourth-order valence-electron chi connectivity index (χ4n) is 2.02. The van der Waals surface area contributed by atoms with Crippen molar-refractivity contribution < 1.29 is 9.59 Å². The SMILES string of the molecule is CCCN(CCC)C(=O)CC(=O)NCc1ccc(Cl)cc1. The van der Waals surface area contributed by atoms with Crippen molar-refractivity contribution in [2.24, 2.45) is 0 Å². The fourth-order valence-corrected chi connectivity index (χ4v) is 2.14. The Morgan fingerprint density at radius 1 is 1.10 bits per heavy atom. The summed E-state index contributed by atoms with van der Waals surface area (Å²) in [6.07, 6.45) is 1.71. The molecule has 1 rings (SSSR count). The lowest BCUT2D eigenvalue weighted by Gasteiger charge is -2.21. The molecule has 1 N–H and O–H groups in total. The van der Waals surface area contributed by atoms with E-state index >= 15 is 0 Å². The van der Waals surface area contributed by atoms with Gasteiger partial charge in [0.2, 0.25) is 11.8 Å². The van der Waals surface area contributed by atoms with Gasteiger partial charge < -0.3 is 10.2 Å². The zero-order chi connectivity index (χ0) is 15.7. The highest BCUT2D eigenvalue weighted by Crippen LogP contribution is 2.09. The number of hydrogen-bond donors (Lipinski definition) is 1. The number of benzene rings is 1. The van der Waals surface area contributed by atoms with Crippen molar-refractivity contribution in [1.29, 1.82) is 0 Å². The van der Waals surface area contributed by atoms with Gasteiger partial charge in [-0.05, 0) is 30.5 Å². The van der Waals surface area contributed by atoms with E-state index in [1.807, 2.05) is 26.0 Å². The first-order valence-corrected chi connectivity index (χ1v) is 7.73. The van der Waals surface area contributed by atoms with Crippen molar-refractivity contribution in [2.45, 2.75) is 39.7 Å². The monoisotopic (exact) mass is 310 g/mol. The van der Waals surface area contributed by atoms with E-state index in [0.717, 1.165) is 18.4 Å². The maximum absolute atomic E-state index is 12.0. The Kier molecular flexibility index (Phi) is 7.83. The van der Waals surface area contributed by atoms with Gasteiger partial charge in [-0.25, -0.2) is 0 Å². The topological polar surface area (TPSA) is 49.4 Å². The molecule has 0 aromatic heterocycles. The number of carbonyl (C=O) groups is 2. The number of nitrogens with zero attached hydrogens (tertiary/aromatic N) is 1. The van der Waals surface area contributed by atoms with Crippen molar-refractivity contribution in [3.05, 3.63) is 34.9 Å². The minimum Gasteiger partial charge on any atom is -0.352 e. The predicted molar refractivity (Wildman–Crippen MR) is 85.1 cm³/mol. The van der Waals surface area contributed by atoms with Crippen LogP contribution in [0.1, 0.15) is 38.7 Å². The van der Waals surface area contributed by atoms with Gasteiger partial charge in [-0.2, -0.15) is 0 Å². The minimum atomic E-state index is -0.243. The lowest BCUT2D eigenvalue weighted by Crippen LogP contribution is -2.36. The molecule has 21 heavy (non-hydrogen) atoms. The van der Waals surface area contributed by atoms with Gasteiger partial charge in [-0.1, -0.05) is 37.6 Å². The van der Waals surface area contributed by atoms with E-state index in [9.17, 15) is 9.59 Å². The van der Waals surface area contributed by atoms with Crippen LogP contribution in [0.2, 0.25) is 5.02 Å². The summed E-state index contributed by atoms with van der Waals surface area (Å²) in [5, 5.41) is 3.42. The van der Waals surface area contributed by atoms with Crippen LogP contribution < -0.4 is 5.32 Å². The molecule has 4 nitrogen and oxygen atoms in total. The summed E-state index contributed by atoms with van der Waals surface area (Å²) >= 11 is 5.80. The van der Waals surface area contributed by atoms with E-state index < -0.39 is 0 Å². The second-order valence-electron chi connectivity index (χ2n) is 4.96. The number of nitrogens with one attached hydrogen (secondary N) is 1. The van der Waals surface area contributed by atoms with E-state index in [2.05, 4.69) is 5.32 Å². The molecule has 0 unspecified atom stereocenters. The molecule has 0 saturated heterocycles. The Labute approximate surface area is 131 Å². The van der Waals surface area contributed by atoms with Crippen molar-refractivity contribution >= 4 is 23.4 Å². The van der Waals surface area contributed by atoms with Gasteiger partial charge in [0.25, 0.3) is 0 Å². The Morgan fingerprint density at radius 2 is 1.67 bits per heavy atom. The first-order chi connectivity index (χ1) is 10.1. The molecule has 0 fully saturated rings. The number of rotatable bonds is 8. The third kappa shape index (κ3) is 6.63. The smallest absolute Gasteiger partial charge is 0.232 e. The van der Waals surface area contributed by atoms with Crippen molar-refractivity contribution in [3.8, 4) is 0 Å². The van der Waals surface area contributed by atoms with Crippen LogP contribution in [0, 0.1) is 0 Å². The van der Waals surface area contributed by atoms with Crippen molar-refractivity contribution in [2.75, 3.05) is 13.1 Å². The van der Waals surface area contributed by atoms with Crippen LogP contribution in [0.3, 0.4) is 0 Å². The van der Waals surface area contributed by atoms with Crippen LogP contribution >= 0.6 is 11.6 Å². The molecule has 0 spiro atoms. The molecule has 0 atom stereocenters. The molecule has 1 aromatic carbocycles. The second kappa shape index (κ2) is 9.40. The third-order valence-electron chi connectivity index (χ3n) is 3.05. The Hall–Kier alpha value is -1.55. The predicted octanol–water partition coefficient (Wildman–Crippen LogP) is 2.99. The first-order valence-electron chi connectivity index (χ1n) is 7.35. The van der Waals surface area contributed by atoms with Crippen LogP contribution in [0.5, 0.6) is 0 Å². The molecule has 0 aliphatic heterocycles. The molecule has 0 radical (unpaired) electrons. The molecular formula is C16H23ClN2O2. The molecule has 0 bridgehead atoms. The lowest BCUT2D eigenvalue weighted by molar-refractivity contribution is -0.136. The highest BCUT2D eigenvalue weighted by atomic mass is 35.5. The summed E-state index contributed by atoms with van der Waals surface area (Å²) in [4.78, 5) is 25.6. The molecule has 0 heterocycles. The number of amides is 2. The maximum atomic E-state index is 12.0. The molecule has 116 valence electrons. The quantitative estimate of drug-likeness (QED) is 0.750.